The number of hydrogen-bond acceptors (Lipinski definition) is 5. The van der Waals surface area contributed by atoms with Crippen LogP contribution in [0.2, 0.25) is 10.0 Å². The number of rotatable bonds is 11. The first-order valence-electron chi connectivity index (χ1n) is 14.4. The van der Waals surface area contributed by atoms with Crippen molar-refractivity contribution >= 4 is 46.3 Å². The highest BCUT2D eigenvalue weighted by Gasteiger charge is 2.54. The molecule has 1 saturated carbocycles. The van der Waals surface area contributed by atoms with Crippen LogP contribution in [-0.2, 0) is 27.4 Å². The standard InChI is InChI=1S/C33H33Cl2N3O5S/c1-33(17-30(39)40)16-28(25-6-3-7-27(35)15-25)31(24-10-12-26(34)13-11-24)38(32(33)41)29(23-8-9-23)20-37(44(42)43)19-22-5-2-4-21(14-22)18-36/h2-7,10-15,23,28-29,31H,8-9,16-17,19-20H2,1H3,(H,39,40)(H,42,43)/p-1/t28-,29-,31-,33-/m1/s1. The topological polar surface area (TPSA) is 125 Å². The molecule has 1 aliphatic heterocycles. The van der Waals surface area contributed by atoms with Crippen LogP contribution in [0.25, 0.3) is 0 Å². The van der Waals surface area contributed by atoms with Crippen molar-refractivity contribution in [3.8, 4) is 6.07 Å². The van der Waals surface area contributed by atoms with Crippen LogP contribution < -0.4 is 0 Å². The largest absolute Gasteiger partial charge is 0.760 e. The Balaban J connectivity index is 1.63. The molecule has 5 rings (SSSR count). The maximum atomic E-state index is 14.6. The minimum Gasteiger partial charge on any atom is -0.760 e. The fourth-order valence-corrected chi connectivity index (χ4v) is 7.37. The molecule has 3 aromatic rings. The number of carboxylic acids is 1. The number of likely N-dealkylation sites (tertiary alicyclic amines) is 1. The van der Waals surface area contributed by atoms with E-state index in [0.717, 1.165) is 24.0 Å². The molecule has 5 atom stereocenters. The van der Waals surface area contributed by atoms with E-state index in [1.807, 2.05) is 30.3 Å². The monoisotopic (exact) mass is 652 g/mol. The zero-order valence-electron chi connectivity index (χ0n) is 24.1. The minimum atomic E-state index is -2.64. The normalized spacial score (nSPS) is 23.3. The summed E-state index contributed by atoms with van der Waals surface area (Å²) in [6, 6.07) is 22.4. The van der Waals surface area contributed by atoms with Gasteiger partial charge in [0.2, 0.25) is 5.91 Å². The van der Waals surface area contributed by atoms with Gasteiger partial charge in [0.1, 0.15) is 0 Å². The van der Waals surface area contributed by atoms with Crippen LogP contribution in [0.15, 0.2) is 72.8 Å². The number of nitrogens with zero attached hydrogens (tertiary/aromatic N) is 3. The van der Waals surface area contributed by atoms with Gasteiger partial charge in [-0.15, -0.1) is 0 Å². The first-order chi connectivity index (χ1) is 21.0. The summed E-state index contributed by atoms with van der Waals surface area (Å²) in [5.41, 5.74) is 1.48. The Bertz CT molecular complexity index is 1610. The highest BCUT2D eigenvalue weighted by molar-refractivity contribution is 7.76. The Morgan fingerprint density at radius 2 is 1.82 bits per heavy atom. The lowest BCUT2D eigenvalue weighted by Gasteiger charge is -2.52. The van der Waals surface area contributed by atoms with Crippen LogP contribution in [-0.4, -0.2) is 47.5 Å². The van der Waals surface area contributed by atoms with E-state index in [0.29, 0.717) is 21.2 Å². The highest BCUT2D eigenvalue weighted by Crippen LogP contribution is 2.54. The second-order valence-corrected chi connectivity index (χ2v) is 13.8. The Labute approximate surface area is 269 Å². The van der Waals surface area contributed by atoms with Crippen LogP contribution in [0, 0.1) is 22.7 Å². The zero-order chi connectivity index (χ0) is 31.6. The third kappa shape index (κ3) is 7.17. The van der Waals surface area contributed by atoms with Crippen molar-refractivity contribution < 1.29 is 23.5 Å². The second-order valence-electron chi connectivity index (χ2n) is 12.0. The highest BCUT2D eigenvalue weighted by atomic mass is 35.5. The van der Waals surface area contributed by atoms with Gasteiger partial charge in [-0.25, -0.2) is 4.31 Å². The summed E-state index contributed by atoms with van der Waals surface area (Å²) in [5.74, 6) is -1.72. The molecule has 1 unspecified atom stereocenters. The number of aliphatic carboxylic acids is 1. The van der Waals surface area contributed by atoms with E-state index in [-0.39, 0.29) is 43.7 Å². The molecule has 0 aromatic heterocycles. The van der Waals surface area contributed by atoms with Crippen molar-refractivity contribution in [3.63, 3.8) is 0 Å². The molecule has 8 nitrogen and oxygen atoms in total. The van der Waals surface area contributed by atoms with Crippen LogP contribution in [0.4, 0.5) is 0 Å². The van der Waals surface area contributed by atoms with E-state index in [1.165, 1.54) is 4.31 Å². The molecule has 0 radical (unpaired) electrons. The molecule has 44 heavy (non-hydrogen) atoms. The lowest BCUT2D eigenvalue weighted by molar-refractivity contribution is -0.161. The average molecular weight is 654 g/mol. The van der Waals surface area contributed by atoms with Gasteiger partial charge in [0.25, 0.3) is 0 Å². The van der Waals surface area contributed by atoms with Gasteiger partial charge in [-0.3, -0.25) is 13.8 Å². The summed E-state index contributed by atoms with van der Waals surface area (Å²) < 4.78 is 26.6. The number of carboxylic acid groups (broad SMARTS) is 1. The number of carbonyl (C=O) groups excluding carboxylic acids is 1. The maximum absolute atomic E-state index is 14.6. The smallest absolute Gasteiger partial charge is 0.304 e. The van der Waals surface area contributed by atoms with Gasteiger partial charge in [-0.1, -0.05) is 66.5 Å². The molecule has 2 aliphatic rings. The Hall–Kier alpha value is -3.26. The van der Waals surface area contributed by atoms with Crippen LogP contribution in [0.1, 0.15) is 66.8 Å². The summed E-state index contributed by atoms with van der Waals surface area (Å²) in [6.07, 6.45) is 1.51. The van der Waals surface area contributed by atoms with Gasteiger partial charge in [0.15, 0.2) is 0 Å². The lowest BCUT2D eigenvalue weighted by Crippen LogP contribution is -2.59. The molecule has 1 amide bonds. The third-order valence-corrected chi connectivity index (χ3v) is 9.86. The SMILES string of the molecule is C[C@]1(CC(=O)O)C[C@H](c2cccc(Cl)c2)[C@@H](c2ccc(Cl)cc2)N([C@H](CN(Cc2cccc(C#N)c2)S(=O)[O-])C2CC2)C1=O. The molecular weight excluding hydrogens is 621 g/mol. The summed E-state index contributed by atoms with van der Waals surface area (Å²) in [6.45, 7) is 1.72. The number of benzene rings is 3. The zero-order valence-corrected chi connectivity index (χ0v) is 26.4. The molecule has 11 heteroatoms. The molecular formula is C33H32Cl2N3O5S-. The summed E-state index contributed by atoms with van der Waals surface area (Å²) in [4.78, 5) is 28.5. The van der Waals surface area contributed by atoms with E-state index >= 15 is 0 Å². The fourth-order valence-electron chi connectivity index (χ4n) is 6.52. The van der Waals surface area contributed by atoms with Gasteiger partial charge >= 0.3 is 5.97 Å². The van der Waals surface area contributed by atoms with E-state index in [9.17, 15) is 28.7 Å². The van der Waals surface area contributed by atoms with E-state index in [4.69, 9.17) is 23.2 Å². The van der Waals surface area contributed by atoms with Crippen LogP contribution in [0.5, 0.6) is 0 Å². The molecule has 1 heterocycles. The van der Waals surface area contributed by atoms with Crippen molar-refractivity contribution in [2.24, 2.45) is 11.3 Å². The van der Waals surface area contributed by atoms with Gasteiger partial charge in [0, 0.05) is 46.4 Å². The molecule has 230 valence electrons. The minimum absolute atomic E-state index is 0.0127. The quantitative estimate of drug-likeness (QED) is 0.236. The van der Waals surface area contributed by atoms with Crippen molar-refractivity contribution in [1.82, 2.24) is 9.21 Å². The predicted octanol–water partition coefficient (Wildman–Crippen LogP) is 6.48. The number of hydrogen-bond donors (Lipinski definition) is 1. The first kappa shape index (κ1) is 32.1. The molecule has 1 saturated heterocycles. The average Bonchev–Trinajstić information content (AvgIpc) is 3.82. The third-order valence-electron chi connectivity index (χ3n) is 8.67. The fraction of sp³-hybridized carbons (Fsp3) is 0.364. The first-order valence-corrected chi connectivity index (χ1v) is 16.2. The molecule has 2 fully saturated rings. The Morgan fingerprint density at radius 1 is 1.11 bits per heavy atom. The summed E-state index contributed by atoms with van der Waals surface area (Å²) >= 11 is 10.1. The second kappa shape index (κ2) is 13.4. The predicted molar refractivity (Wildman–Crippen MR) is 167 cm³/mol. The number of piperidine rings is 1. The van der Waals surface area contributed by atoms with E-state index < -0.39 is 34.7 Å². The molecule has 1 N–H and O–H groups in total. The Kier molecular flexibility index (Phi) is 9.78. The van der Waals surface area contributed by atoms with Crippen molar-refractivity contribution in [1.29, 1.82) is 5.26 Å². The maximum Gasteiger partial charge on any atom is 0.304 e. The van der Waals surface area contributed by atoms with Crippen molar-refractivity contribution in [2.75, 3.05) is 6.54 Å². The van der Waals surface area contributed by atoms with Gasteiger partial charge in [-0.05, 0) is 78.3 Å². The molecule has 0 bridgehead atoms. The van der Waals surface area contributed by atoms with Gasteiger partial charge < -0.3 is 14.6 Å². The van der Waals surface area contributed by atoms with E-state index in [1.54, 1.807) is 54.3 Å². The van der Waals surface area contributed by atoms with Gasteiger partial charge in [-0.2, -0.15) is 5.26 Å². The summed E-state index contributed by atoms with van der Waals surface area (Å²) in [7, 11) is 0. The van der Waals surface area contributed by atoms with Gasteiger partial charge in [0.05, 0.1) is 29.5 Å². The lowest BCUT2D eigenvalue weighted by atomic mass is 9.67. The number of halogens is 2. The molecule has 3 aromatic carbocycles. The molecule has 1 aliphatic carbocycles. The van der Waals surface area contributed by atoms with Crippen molar-refractivity contribution in [3.05, 3.63) is 105 Å². The molecule has 0 spiro atoms. The van der Waals surface area contributed by atoms with Crippen LogP contribution >= 0.6 is 23.2 Å². The van der Waals surface area contributed by atoms with E-state index in [2.05, 4.69) is 6.07 Å². The number of nitriles is 1. The number of amides is 1. The van der Waals surface area contributed by atoms with Crippen molar-refractivity contribution in [2.45, 2.75) is 57.2 Å². The van der Waals surface area contributed by atoms with Crippen LogP contribution in [0.3, 0.4) is 0 Å². The number of carbonyl (C=O) groups is 2. The Morgan fingerprint density at radius 3 is 2.43 bits per heavy atom. The summed E-state index contributed by atoms with van der Waals surface area (Å²) in [5, 5.41) is 20.3.